The lowest BCUT2D eigenvalue weighted by molar-refractivity contribution is 0.960. The van der Waals surface area contributed by atoms with Gasteiger partial charge in [-0.2, -0.15) is 0 Å². The van der Waals surface area contributed by atoms with Crippen molar-refractivity contribution >= 4 is 18.7 Å². The molecule has 0 unspecified atom stereocenters. The summed E-state index contributed by atoms with van der Waals surface area (Å²) in [5.41, 5.74) is 4.20. The summed E-state index contributed by atoms with van der Waals surface area (Å²) < 4.78 is 0. The van der Waals surface area contributed by atoms with E-state index < -0.39 is 0 Å². The highest BCUT2D eigenvalue weighted by atomic mass is 32.1. The van der Waals surface area contributed by atoms with Gasteiger partial charge in [0.15, 0.2) is 0 Å². The maximum atomic E-state index is 4.43. The van der Waals surface area contributed by atoms with Gasteiger partial charge in [0.1, 0.15) is 0 Å². The van der Waals surface area contributed by atoms with E-state index in [0.29, 0.717) is 0 Å². The number of thiol groups is 1. The topological polar surface area (TPSA) is 0 Å². The first-order valence-electron chi connectivity index (χ1n) is 4.27. The molecule has 1 aromatic rings. The summed E-state index contributed by atoms with van der Waals surface area (Å²) >= 11 is 4.43. The van der Waals surface area contributed by atoms with Crippen LogP contribution in [-0.4, -0.2) is 0 Å². The standard InChI is InChI=1S/C11H12S/c1-8-6-7-11(12)10-5-3-2-4-9(8)10/h3,5-7,12H,2,4H2,1H3. The molecule has 0 aromatic heterocycles. The molecule has 1 aromatic carbocycles. The van der Waals surface area contributed by atoms with Gasteiger partial charge in [0, 0.05) is 4.90 Å². The molecule has 0 nitrogen and oxygen atoms in total. The summed E-state index contributed by atoms with van der Waals surface area (Å²) in [5, 5.41) is 0. The Kier molecular flexibility index (Phi) is 1.97. The molecule has 0 aliphatic heterocycles. The molecule has 1 aliphatic carbocycles. The first-order valence-corrected chi connectivity index (χ1v) is 4.72. The van der Waals surface area contributed by atoms with Crippen LogP contribution in [0, 0.1) is 6.92 Å². The largest absolute Gasteiger partial charge is 0.143 e. The third-order valence-electron chi connectivity index (χ3n) is 2.41. The highest BCUT2D eigenvalue weighted by Gasteiger charge is 2.08. The van der Waals surface area contributed by atoms with Gasteiger partial charge in [-0.15, -0.1) is 12.6 Å². The third kappa shape index (κ3) is 1.18. The molecule has 0 bridgehead atoms. The van der Waals surface area contributed by atoms with Gasteiger partial charge in [-0.1, -0.05) is 18.2 Å². The smallest absolute Gasteiger partial charge is 0.0115 e. The Morgan fingerprint density at radius 2 is 2.17 bits per heavy atom. The van der Waals surface area contributed by atoms with Crippen molar-refractivity contribution in [3.63, 3.8) is 0 Å². The molecule has 0 atom stereocenters. The molecule has 1 aliphatic rings. The van der Waals surface area contributed by atoms with Crippen LogP contribution in [0.2, 0.25) is 0 Å². The van der Waals surface area contributed by atoms with Crippen LogP contribution in [0.1, 0.15) is 23.1 Å². The minimum atomic E-state index is 1.10. The molecular formula is C11H12S. The number of hydrogen-bond donors (Lipinski definition) is 1. The number of benzene rings is 1. The highest BCUT2D eigenvalue weighted by molar-refractivity contribution is 7.80. The van der Waals surface area contributed by atoms with Gasteiger partial charge in [-0.25, -0.2) is 0 Å². The average molecular weight is 176 g/mol. The van der Waals surface area contributed by atoms with E-state index in [2.05, 4.69) is 43.8 Å². The summed E-state index contributed by atoms with van der Waals surface area (Å²) in [5.74, 6) is 0. The first kappa shape index (κ1) is 7.93. The van der Waals surface area contributed by atoms with E-state index in [1.165, 1.54) is 29.5 Å². The predicted molar refractivity (Wildman–Crippen MR) is 55.8 cm³/mol. The number of hydrogen-bond acceptors (Lipinski definition) is 1. The number of aryl methyl sites for hydroxylation is 1. The maximum Gasteiger partial charge on any atom is 0.0115 e. The van der Waals surface area contributed by atoms with Crippen LogP contribution < -0.4 is 0 Å². The van der Waals surface area contributed by atoms with E-state index in [1.54, 1.807) is 0 Å². The monoisotopic (exact) mass is 176 g/mol. The number of rotatable bonds is 0. The second-order valence-electron chi connectivity index (χ2n) is 3.23. The zero-order valence-electron chi connectivity index (χ0n) is 7.17. The fourth-order valence-corrected chi connectivity index (χ4v) is 1.99. The molecule has 0 amide bonds. The van der Waals surface area contributed by atoms with E-state index in [-0.39, 0.29) is 0 Å². The third-order valence-corrected chi connectivity index (χ3v) is 2.80. The van der Waals surface area contributed by atoms with Gasteiger partial charge in [0.25, 0.3) is 0 Å². The highest BCUT2D eigenvalue weighted by Crippen LogP contribution is 2.27. The molecular weight excluding hydrogens is 164 g/mol. The minimum absolute atomic E-state index is 1.10. The van der Waals surface area contributed by atoms with Crippen molar-refractivity contribution in [2.75, 3.05) is 0 Å². The summed E-state index contributed by atoms with van der Waals surface area (Å²) in [7, 11) is 0. The predicted octanol–water partition coefficient (Wildman–Crippen LogP) is 3.24. The fourth-order valence-electron chi connectivity index (χ4n) is 1.71. The Balaban J connectivity index is 2.67. The lowest BCUT2D eigenvalue weighted by atomic mass is 9.93. The average Bonchev–Trinajstić information content (AvgIpc) is 2.12. The zero-order chi connectivity index (χ0) is 8.55. The minimum Gasteiger partial charge on any atom is -0.143 e. The van der Waals surface area contributed by atoms with Crippen molar-refractivity contribution in [2.24, 2.45) is 0 Å². The molecule has 62 valence electrons. The Bertz CT molecular complexity index is 337. The van der Waals surface area contributed by atoms with Crippen molar-refractivity contribution < 1.29 is 0 Å². The molecule has 0 heterocycles. The molecule has 0 saturated heterocycles. The normalized spacial score (nSPS) is 14.5. The Hall–Kier alpha value is -0.690. The molecule has 1 heteroatoms. The SMILES string of the molecule is Cc1ccc(S)c2c1CCC=C2. The first-order chi connectivity index (χ1) is 5.79. The van der Waals surface area contributed by atoms with Crippen molar-refractivity contribution in [3.05, 3.63) is 34.9 Å². The second-order valence-corrected chi connectivity index (χ2v) is 3.72. The van der Waals surface area contributed by atoms with Crippen LogP contribution in [0.25, 0.3) is 6.08 Å². The van der Waals surface area contributed by atoms with Gasteiger partial charge in [0.2, 0.25) is 0 Å². The van der Waals surface area contributed by atoms with E-state index in [1.807, 2.05) is 0 Å². The molecule has 0 radical (unpaired) electrons. The Labute approximate surface area is 78.7 Å². The Morgan fingerprint density at radius 1 is 1.33 bits per heavy atom. The second kappa shape index (κ2) is 2.98. The lowest BCUT2D eigenvalue weighted by Crippen LogP contribution is -1.98. The molecule has 0 fully saturated rings. The molecule has 0 N–H and O–H groups in total. The van der Waals surface area contributed by atoms with Crippen LogP contribution in [0.15, 0.2) is 23.1 Å². The number of allylic oxidation sites excluding steroid dienone is 1. The van der Waals surface area contributed by atoms with E-state index in [0.717, 1.165) is 4.90 Å². The van der Waals surface area contributed by atoms with Crippen LogP contribution >= 0.6 is 12.6 Å². The maximum absolute atomic E-state index is 4.43. The van der Waals surface area contributed by atoms with Crippen LogP contribution in [-0.2, 0) is 6.42 Å². The van der Waals surface area contributed by atoms with Crippen LogP contribution in [0.4, 0.5) is 0 Å². The zero-order valence-corrected chi connectivity index (χ0v) is 8.07. The lowest BCUT2D eigenvalue weighted by Gasteiger charge is -2.14. The summed E-state index contributed by atoms with van der Waals surface area (Å²) in [6.07, 6.45) is 6.76. The molecule has 0 saturated carbocycles. The van der Waals surface area contributed by atoms with Gasteiger partial charge >= 0.3 is 0 Å². The van der Waals surface area contributed by atoms with Gasteiger partial charge in [0.05, 0.1) is 0 Å². The van der Waals surface area contributed by atoms with Crippen molar-refractivity contribution in [2.45, 2.75) is 24.7 Å². The van der Waals surface area contributed by atoms with Crippen molar-refractivity contribution in [3.8, 4) is 0 Å². The van der Waals surface area contributed by atoms with Crippen molar-refractivity contribution in [1.82, 2.24) is 0 Å². The summed E-state index contributed by atoms with van der Waals surface area (Å²) in [6, 6.07) is 4.23. The van der Waals surface area contributed by atoms with Gasteiger partial charge in [-0.3, -0.25) is 0 Å². The molecule has 2 rings (SSSR count). The van der Waals surface area contributed by atoms with Gasteiger partial charge < -0.3 is 0 Å². The summed E-state index contributed by atoms with van der Waals surface area (Å²) in [4.78, 5) is 1.10. The van der Waals surface area contributed by atoms with E-state index in [4.69, 9.17) is 0 Å². The molecule has 0 spiro atoms. The van der Waals surface area contributed by atoms with Crippen LogP contribution in [0.3, 0.4) is 0 Å². The number of fused-ring (bicyclic) bond motifs is 1. The van der Waals surface area contributed by atoms with Crippen molar-refractivity contribution in [1.29, 1.82) is 0 Å². The molecule has 12 heavy (non-hydrogen) atoms. The van der Waals surface area contributed by atoms with E-state index >= 15 is 0 Å². The van der Waals surface area contributed by atoms with Gasteiger partial charge in [-0.05, 0) is 42.5 Å². The Morgan fingerprint density at radius 3 is 2.92 bits per heavy atom. The van der Waals surface area contributed by atoms with E-state index in [9.17, 15) is 0 Å². The summed E-state index contributed by atoms with van der Waals surface area (Å²) in [6.45, 7) is 2.17. The van der Waals surface area contributed by atoms with Crippen LogP contribution in [0.5, 0.6) is 0 Å². The fraction of sp³-hybridized carbons (Fsp3) is 0.273. The quantitative estimate of drug-likeness (QED) is 0.576.